The molecule has 1 aliphatic rings. The van der Waals surface area contributed by atoms with Gasteiger partial charge in [-0.05, 0) is 67.2 Å². The van der Waals surface area contributed by atoms with Crippen LogP contribution in [0.5, 0.6) is 0 Å². The van der Waals surface area contributed by atoms with Crippen molar-refractivity contribution in [3.63, 3.8) is 0 Å². The number of aryl methyl sites for hydroxylation is 1. The molecule has 9 heteroatoms. The number of nitrogens with one attached hydrogen (secondary N) is 2. The van der Waals surface area contributed by atoms with Crippen molar-refractivity contribution in [3.8, 4) is 11.3 Å². The highest BCUT2D eigenvalue weighted by molar-refractivity contribution is 7.92. The first kappa shape index (κ1) is 23.1. The van der Waals surface area contributed by atoms with Gasteiger partial charge in [-0.3, -0.25) is 9.71 Å². The van der Waals surface area contributed by atoms with E-state index in [1.807, 2.05) is 84.6 Å². The monoisotopic (exact) mass is 504 g/mol. The van der Waals surface area contributed by atoms with Gasteiger partial charge in [0.2, 0.25) is 10.0 Å². The number of rotatable bonds is 6. The standard InChI is InChI=1S/C26H24N4O3S2/c1-17-16-19(11-12-20(17)29-35(2,31)32)30-25(24(28-26(30)34)21-10-6-7-15-27-21)23-14-13-22(33-23)18-8-4-3-5-9-18/h3-16,24-25,29H,1-2H3,(H,28,34)/t24-,25+/m1/s1. The summed E-state index contributed by atoms with van der Waals surface area (Å²) in [6, 6.07) is 24.6. The Bertz CT molecular complexity index is 1470. The maximum atomic E-state index is 11.7. The zero-order valence-corrected chi connectivity index (χ0v) is 20.8. The summed E-state index contributed by atoms with van der Waals surface area (Å²) < 4.78 is 32.4. The van der Waals surface area contributed by atoms with Crippen LogP contribution in [0.25, 0.3) is 11.3 Å². The second-order valence-electron chi connectivity index (χ2n) is 8.44. The van der Waals surface area contributed by atoms with Crippen molar-refractivity contribution in [2.45, 2.75) is 19.0 Å². The Labute approximate surface area is 209 Å². The van der Waals surface area contributed by atoms with Crippen LogP contribution >= 0.6 is 12.2 Å². The molecule has 1 aliphatic heterocycles. The number of hydrogen-bond acceptors (Lipinski definition) is 5. The van der Waals surface area contributed by atoms with Crippen LogP contribution in [0, 0.1) is 6.92 Å². The van der Waals surface area contributed by atoms with Crippen LogP contribution in [-0.4, -0.2) is 24.8 Å². The van der Waals surface area contributed by atoms with Gasteiger partial charge in [-0.25, -0.2) is 8.42 Å². The Morgan fingerprint density at radius 3 is 2.49 bits per heavy atom. The molecule has 2 N–H and O–H groups in total. The van der Waals surface area contributed by atoms with Gasteiger partial charge in [-0.1, -0.05) is 36.4 Å². The van der Waals surface area contributed by atoms with Crippen molar-refractivity contribution >= 4 is 38.7 Å². The number of hydrogen-bond donors (Lipinski definition) is 2. The number of pyridine rings is 1. The van der Waals surface area contributed by atoms with Crippen LogP contribution in [-0.2, 0) is 10.0 Å². The molecule has 7 nitrogen and oxygen atoms in total. The highest BCUT2D eigenvalue weighted by Gasteiger charge is 2.42. The Kier molecular flexibility index (Phi) is 6.04. The molecule has 5 rings (SSSR count). The number of nitrogens with zero attached hydrogens (tertiary/aromatic N) is 2. The average molecular weight is 505 g/mol. The first-order valence-electron chi connectivity index (χ1n) is 11.0. The lowest BCUT2D eigenvalue weighted by atomic mass is 10.0. The molecule has 2 atom stereocenters. The van der Waals surface area contributed by atoms with E-state index in [0.717, 1.165) is 40.3 Å². The fraction of sp³-hybridized carbons (Fsp3) is 0.154. The smallest absolute Gasteiger partial charge is 0.229 e. The molecular weight excluding hydrogens is 480 g/mol. The lowest BCUT2D eigenvalue weighted by Gasteiger charge is -2.26. The van der Waals surface area contributed by atoms with E-state index in [-0.39, 0.29) is 12.1 Å². The van der Waals surface area contributed by atoms with Gasteiger partial charge in [-0.15, -0.1) is 0 Å². The highest BCUT2D eigenvalue weighted by Crippen LogP contribution is 2.43. The zero-order valence-electron chi connectivity index (χ0n) is 19.2. The number of anilines is 2. The maximum absolute atomic E-state index is 11.7. The van der Waals surface area contributed by atoms with E-state index in [0.29, 0.717) is 10.8 Å². The minimum absolute atomic E-state index is 0.243. The summed E-state index contributed by atoms with van der Waals surface area (Å²) in [4.78, 5) is 6.57. The summed E-state index contributed by atoms with van der Waals surface area (Å²) in [5, 5.41) is 3.95. The minimum atomic E-state index is -3.39. The lowest BCUT2D eigenvalue weighted by molar-refractivity contribution is 0.439. The van der Waals surface area contributed by atoms with Crippen LogP contribution in [0.1, 0.15) is 29.1 Å². The zero-order chi connectivity index (χ0) is 24.6. The van der Waals surface area contributed by atoms with Crippen molar-refractivity contribution in [2.24, 2.45) is 0 Å². The largest absolute Gasteiger partial charge is 0.459 e. The van der Waals surface area contributed by atoms with Gasteiger partial charge in [0.1, 0.15) is 17.6 Å². The molecular formula is C26H24N4O3S2. The van der Waals surface area contributed by atoms with Crippen LogP contribution < -0.4 is 14.9 Å². The Morgan fingerprint density at radius 2 is 1.80 bits per heavy atom. The minimum Gasteiger partial charge on any atom is -0.459 e. The highest BCUT2D eigenvalue weighted by atomic mass is 32.2. The fourth-order valence-electron chi connectivity index (χ4n) is 4.30. The number of furan rings is 1. The normalized spacial score (nSPS) is 17.9. The Balaban J connectivity index is 1.58. The van der Waals surface area contributed by atoms with Crippen molar-refractivity contribution in [1.29, 1.82) is 0 Å². The van der Waals surface area contributed by atoms with E-state index in [2.05, 4.69) is 15.0 Å². The maximum Gasteiger partial charge on any atom is 0.229 e. The molecule has 0 radical (unpaired) electrons. The van der Waals surface area contributed by atoms with Crippen molar-refractivity contribution in [3.05, 3.63) is 102 Å². The second kappa shape index (κ2) is 9.16. The number of benzene rings is 2. The third-order valence-electron chi connectivity index (χ3n) is 5.86. The van der Waals surface area contributed by atoms with E-state index in [4.69, 9.17) is 16.6 Å². The molecule has 1 saturated heterocycles. The van der Waals surface area contributed by atoms with Gasteiger partial charge < -0.3 is 14.6 Å². The second-order valence-corrected chi connectivity index (χ2v) is 10.6. The molecule has 0 bridgehead atoms. The fourth-order valence-corrected chi connectivity index (χ4v) is 5.28. The van der Waals surface area contributed by atoms with E-state index < -0.39 is 10.0 Å². The van der Waals surface area contributed by atoms with Gasteiger partial charge in [0.15, 0.2) is 5.11 Å². The molecule has 4 aromatic rings. The first-order chi connectivity index (χ1) is 16.8. The van der Waals surface area contributed by atoms with Gasteiger partial charge in [0.25, 0.3) is 0 Å². The Morgan fingerprint density at radius 1 is 1.03 bits per heavy atom. The van der Waals surface area contributed by atoms with Crippen LogP contribution in [0.3, 0.4) is 0 Å². The topological polar surface area (TPSA) is 87.5 Å². The van der Waals surface area contributed by atoms with Crippen LogP contribution in [0.4, 0.5) is 11.4 Å². The summed E-state index contributed by atoms with van der Waals surface area (Å²) in [6.45, 7) is 1.86. The summed E-state index contributed by atoms with van der Waals surface area (Å²) >= 11 is 5.77. The Hall–Kier alpha value is -3.69. The molecule has 35 heavy (non-hydrogen) atoms. The summed E-state index contributed by atoms with van der Waals surface area (Å²) in [7, 11) is -3.39. The van der Waals surface area contributed by atoms with E-state index >= 15 is 0 Å². The summed E-state index contributed by atoms with van der Waals surface area (Å²) in [6.07, 6.45) is 2.89. The van der Waals surface area contributed by atoms with Crippen LogP contribution in [0.2, 0.25) is 0 Å². The number of sulfonamides is 1. The molecule has 3 heterocycles. The van der Waals surface area contributed by atoms with Gasteiger partial charge >= 0.3 is 0 Å². The van der Waals surface area contributed by atoms with Crippen molar-refractivity contribution < 1.29 is 12.8 Å². The average Bonchev–Trinajstić information content (AvgIpc) is 3.45. The molecule has 178 valence electrons. The molecule has 1 fully saturated rings. The first-order valence-corrected chi connectivity index (χ1v) is 13.3. The molecule has 0 amide bonds. The van der Waals surface area contributed by atoms with Crippen LogP contribution in [0.15, 0.2) is 89.5 Å². The summed E-state index contributed by atoms with van der Waals surface area (Å²) in [5.74, 6) is 1.50. The third-order valence-corrected chi connectivity index (χ3v) is 6.76. The van der Waals surface area contributed by atoms with E-state index in [1.54, 1.807) is 12.3 Å². The van der Waals surface area contributed by atoms with Gasteiger partial charge in [-0.2, -0.15) is 0 Å². The van der Waals surface area contributed by atoms with Gasteiger partial charge in [0, 0.05) is 17.4 Å². The van der Waals surface area contributed by atoms with Crippen molar-refractivity contribution in [1.82, 2.24) is 10.3 Å². The summed E-state index contributed by atoms with van der Waals surface area (Å²) in [5.41, 5.74) is 3.95. The van der Waals surface area contributed by atoms with E-state index in [9.17, 15) is 8.42 Å². The molecule has 0 unspecified atom stereocenters. The number of aromatic nitrogens is 1. The van der Waals surface area contributed by atoms with Gasteiger partial charge in [0.05, 0.1) is 23.7 Å². The molecule has 0 aliphatic carbocycles. The van der Waals surface area contributed by atoms with Crippen molar-refractivity contribution in [2.75, 3.05) is 15.9 Å². The molecule has 0 spiro atoms. The predicted molar refractivity (Wildman–Crippen MR) is 142 cm³/mol. The molecule has 2 aromatic carbocycles. The molecule has 2 aromatic heterocycles. The predicted octanol–water partition coefficient (Wildman–Crippen LogP) is 5.20. The lowest BCUT2D eigenvalue weighted by Crippen LogP contribution is -2.29. The SMILES string of the molecule is Cc1cc(N2C(=S)N[C@H](c3ccccn3)[C@@H]2c2ccc(-c3ccccc3)o2)ccc1NS(C)(=O)=O. The molecule has 0 saturated carbocycles. The third kappa shape index (κ3) is 4.78. The quantitative estimate of drug-likeness (QED) is 0.349. The number of thiocarbonyl (C=S) groups is 1. The van der Waals surface area contributed by atoms with E-state index in [1.165, 1.54) is 0 Å².